The Morgan fingerprint density at radius 3 is 2.93 bits per heavy atom. The number of nitrogens with one attached hydrogen (secondary N) is 1. The summed E-state index contributed by atoms with van der Waals surface area (Å²) in [5.41, 5.74) is 2.34. The first-order chi connectivity index (χ1) is 13.7. The number of imidazole rings is 1. The van der Waals surface area contributed by atoms with E-state index in [1.165, 1.54) is 17.4 Å². The minimum absolute atomic E-state index is 0.0847. The molecule has 1 aliphatic heterocycles. The van der Waals surface area contributed by atoms with Crippen LogP contribution in [0.1, 0.15) is 18.1 Å². The Balaban J connectivity index is 1.37. The van der Waals surface area contributed by atoms with Gasteiger partial charge in [-0.05, 0) is 36.2 Å². The molecule has 4 aromatic rings. The number of benzene rings is 1. The second kappa shape index (κ2) is 6.92. The fraction of sp³-hybridized carbons (Fsp3) is 0.211. The molecule has 28 heavy (non-hydrogen) atoms. The van der Waals surface area contributed by atoms with Gasteiger partial charge < -0.3 is 10.1 Å². The maximum Gasteiger partial charge on any atom is 0.214 e. The maximum absolute atomic E-state index is 13.6. The maximum atomic E-state index is 13.6. The summed E-state index contributed by atoms with van der Waals surface area (Å²) in [4.78, 5) is 9.46. The quantitative estimate of drug-likeness (QED) is 0.560. The SMILES string of the molecule is Fc1ccc(C2OCCC2Nc2nn3cc(-c4cccnc4)nc3s2)cc1F. The molecule has 2 atom stereocenters. The highest BCUT2D eigenvalue weighted by Crippen LogP contribution is 2.33. The van der Waals surface area contributed by atoms with E-state index in [0.29, 0.717) is 17.3 Å². The van der Waals surface area contributed by atoms with Gasteiger partial charge in [-0.15, -0.1) is 5.10 Å². The average Bonchev–Trinajstić information content (AvgIpc) is 3.40. The van der Waals surface area contributed by atoms with Gasteiger partial charge in [-0.25, -0.2) is 18.3 Å². The van der Waals surface area contributed by atoms with Crippen molar-refractivity contribution in [2.24, 2.45) is 0 Å². The molecule has 142 valence electrons. The fourth-order valence-electron chi connectivity index (χ4n) is 3.33. The molecule has 6 nitrogen and oxygen atoms in total. The molecule has 1 N–H and O–H groups in total. The number of hydrogen-bond acceptors (Lipinski definition) is 6. The first-order valence-electron chi connectivity index (χ1n) is 8.77. The van der Waals surface area contributed by atoms with E-state index in [4.69, 9.17) is 4.74 Å². The zero-order valence-corrected chi connectivity index (χ0v) is 15.4. The van der Waals surface area contributed by atoms with Crippen LogP contribution in [0.4, 0.5) is 13.9 Å². The van der Waals surface area contributed by atoms with Gasteiger partial charge in [0.1, 0.15) is 6.10 Å². The predicted molar refractivity (Wildman–Crippen MR) is 101 cm³/mol. The average molecular weight is 399 g/mol. The number of fused-ring (bicyclic) bond motifs is 1. The van der Waals surface area contributed by atoms with E-state index in [-0.39, 0.29) is 12.1 Å². The number of nitrogens with zero attached hydrogens (tertiary/aromatic N) is 4. The lowest BCUT2D eigenvalue weighted by Crippen LogP contribution is -2.23. The monoisotopic (exact) mass is 399 g/mol. The molecule has 0 amide bonds. The van der Waals surface area contributed by atoms with Crippen LogP contribution in [-0.2, 0) is 4.74 Å². The lowest BCUT2D eigenvalue weighted by Gasteiger charge is -2.19. The minimum atomic E-state index is -0.873. The van der Waals surface area contributed by atoms with Crippen LogP contribution >= 0.6 is 11.3 Å². The van der Waals surface area contributed by atoms with Crippen molar-refractivity contribution in [1.29, 1.82) is 0 Å². The second-order valence-electron chi connectivity index (χ2n) is 6.51. The van der Waals surface area contributed by atoms with Gasteiger partial charge in [0.2, 0.25) is 10.1 Å². The van der Waals surface area contributed by atoms with Crippen LogP contribution in [0.25, 0.3) is 16.2 Å². The molecule has 0 radical (unpaired) electrons. The molecule has 2 unspecified atom stereocenters. The van der Waals surface area contributed by atoms with Crippen molar-refractivity contribution >= 4 is 21.4 Å². The normalized spacial score (nSPS) is 19.4. The molecule has 1 fully saturated rings. The minimum Gasteiger partial charge on any atom is -0.371 e. The number of ether oxygens (including phenoxy) is 1. The van der Waals surface area contributed by atoms with Crippen LogP contribution in [-0.4, -0.2) is 32.2 Å². The van der Waals surface area contributed by atoms with Gasteiger partial charge in [0.05, 0.1) is 17.9 Å². The van der Waals surface area contributed by atoms with E-state index in [1.807, 2.05) is 18.3 Å². The summed E-state index contributed by atoms with van der Waals surface area (Å²) in [6.45, 7) is 0.537. The van der Waals surface area contributed by atoms with Gasteiger partial charge in [0.25, 0.3) is 0 Å². The highest BCUT2D eigenvalue weighted by atomic mass is 32.1. The van der Waals surface area contributed by atoms with Crippen LogP contribution in [0, 0.1) is 11.6 Å². The Kier molecular flexibility index (Phi) is 4.25. The van der Waals surface area contributed by atoms with Crippen molar-refractivity contribution in [3.05, 3.63) is 66.1 Å². The summed E-state index contributed by atoms with van der Waals surface area (Å²) >= 11 is 1.42. The molecule has 5 rings (SSSR count). The molecular formula is C19H15F2N5OS. The van der Waals surface area contributed by atoms with Gasteiger partial charge in [-0.3, -0.25) is 4.98 Å². The lowest BCUT2D eigenvalue weighted by atomic mass is 10.0. The zero-order valence-electron chi connectivity index (χ0n) is 14.5. The van der Waals surface area contributed by atoms with E-state index in [1.54, 1.807) is 23.0 Å². The third kappa shape index (κ3) is 3.12. The summed E-state index contributed by atoms with van der Waals surface area (Å²) in [7, 11) is 0. The van der Waals surface area contributed by atoms with Crippen LogP contribution in [0.3, 0.4) is 0 Å². The fourth-order valence-corrected chi connectivity index (χ4v) is 4.17. The summed E-state index contributed by atoms with van der Waals surface area (Å²) < 4.78 is 34.3. The Morgan fingerprint density at radius 1 is 1.21 bits per heavy atom. The number of hydrogen-bond donors (Lipinski definition) is 1. The summed E-state index contributed by atoms with van der Waals surface area (Å²) in [6.07, 6.45) is 5.71. The van der Waals surface area contributed by atoms with Crippen molar-refractivity contribution in [2.75, 3.05) is 11.9 Å². The van der Waals surface area contributed by atoms with Crippen LogP contribution in [0.5, 0.6) is 0 Å². The largest absolute Gasteiger partial charge is 0.371 e. The topological polar surface area (TPSA) is 64.3 Å². The number of pyridine rings is 1. The van der Waals surface area contributed by atoms with E-state index < -0.39 is 11.6 Å². The number of rotatable bonds is 4. The molecule has 0 aliphatic carbocycles. The third-order valence-electron chi connectivity index (χ3n) is 4.67. The van der Waals surface area contributed by atoms with Crippen LogP contribution in [0.15, 0.2) is 48.9 Å². The van der Waals surface area contributed by atoms with Crippen molar-refractivity contribution in [3.8, 4) is 11.3 Å². The summed E-state index contributed by atoms with van der Waals surface area (Å²) in [6, 6.07) is 7.59. The van der Waals surface area contributed by atoms with Gasteiger partial charge in [-0.1, -0.05) is 17.4 Å². The Hall–Kier alpha value is -2.91. The number of anilines is 1. The molecule has 0 spiro atoms. The van der Waals surface area contributed by atoms with Crippen molar-refractivity contribution in [1.82, 2.24) is 19.6 Å². The Morgan fingerprint density at radius 2 is 2.14 bits per heavy atom. The zero-order chi connectivity index (χ0) is 19.1. The summed E-state index contributed by atoms with van der Waals surface area (Å²) in [5, 5.41) is 8.58. The molecule has 3 aromatic heterocycles. The molecule has 4 heterocycles. The summed E-state index contributed by atoms with van der Waals surface area (Å²) in [5.74, 6) is -1.74. The first kappa shape index (κ1) is 17.2. The van der Waals surface area contributed by atoms with Gasteiger partial charge in [-0.2, -0.15) is 0 Å². The van der Waals surface area contributed by atoms with Crippen LogP contribution in [0.2, 0.25) is 0 Å². The molecule has 1 saturated heterocycles. The molecule has 0 bridgehead atoms. The van der Waals surface area contributed by atoms with Crippen LogP contribution < -0.4 is 5.32 Å². The first-order valence-corrected chi connectivity index (χ1v) is 9.59. The number of aromatic nitrogens is 4. The molecule has 9 heteroatoms. The van der Waals surface area contributed by atoms with E-state index in [0.717, 1.165) is 28.7 Å². The molecule has 1 aliphatic rings. The predicted octanol–water partition coefficient (Wildman–Crippen LogP) is 4.07. The Bertz CT molecular complexity index is 1100. The highest BCUT2D eigenvalue weighted by molar-refractivity contribution is 7.20. The lowest BCUT2D eigenvalue weighted by molar-refractivity contribution is 0.107. The second-order valence-corrected chi connectivity index (χ2v) is 7.46. The van der Waals surface area contributed by atoms with E-state index >= 15 is 0 Å². The molecule has 0 saturated carbocycles. The molecular weight excluding hydrogens is 384 g/mol. The van der Waals surface area contributed by atoms with Gasteiger partial charge >= 0.3 is 0 Å². The van der Waals surface area contributed by atoms with Gasteiger partial charge in [0.15, 0.2) is 11.6 Å². The van der Waals surface area contributed by atoms with Crippen molar-refractivity contribution in [3.63, 3.8) is 0 Å². The van der Waals surface area contributed by atoms with E-state index in [2.05, 4.69) is 20.4 Å². The van der Waals surface area contributed by atoms with E-state index in [9.17, 15) is 8.78 Å². The van der Waals surface area contributed by atoms with Crippen molar-refractivity contribution < 1.29 is 13.5 Å². The van der Waals surface area contributed by atoms with Crippen molar-refractivity contribution in [2.45, 2.75) is 18.6 Å². The number of halogens is 2. The van der Waals surface area contributed by atoms with Gasteiger partial charge in [0, 0.05) is 24.6 Å². The smallest absolute Gasteiger partial charge is 0.214 e. The standard InChI is InChI=1S/C19H15F2N5OS/c20-13-4-3-11(8-14(13)21)17-15(5-7-27-17)23-18-25-26-10-16(24-19(26)28-18)12-2-1-6-22-9-12/h1-4,6,8-10,15,17H,5,7H2,(H,23,25). The third-order valence-corrected chi connectivity index (χ3v) is 5.53. The molecule has 1 aromatic carbocycles. The highest BCUT2D eigenvalue weighted by Gasteiger charge is 2.31. The Labute approximate surface area is 162 Å².